The van der Waals surface area contributed by atoms with Gasteiger partial charge in [-0.15, -0.1) is 4.31 Å². The van der Waals surface area contributed by atoms with Crippen molar-refractivity contribution in [3.05, 3.63) is 29.3 Å². The molecule has 0 heterocycles. The Balaban J connectivity index is 0.000000577. The number of hydrogen-bond acceptors (Lipinski definition) is 7. The van der Waals surface area contributed by atoms with E-state index in [0.717, 1.165) is 27.5 Å². The first-order chi connectivity index (χ1) is 12.2. The van der Waals surface area contributed by atoms with Crippen molar-refractivity contribution >= 4 is 22.0 Å². The summed E-state index contributed by atoms with van der Waals surface area (Å²) < 4.78 is 33.3. The lowest BCUT2D eigenvalue weighted by atomic mass is 10.1. The van der Waals surface area contributed by atoms with E-state index in [0.29, 0.717) is 13.0 Å². The molecule has 0 aromatic heterocycles. The average molecular weight is 391 g/mol. The van der Waals surface area contributed by atoms with Crippen LogP contribution < -0.4 is 5.73 Å². The summed E-state index contributed by atoms with van der Waals surface area (Å²) in [7, 11) is -4.18. The number of nitrogen functional groups attached to an aromatic ring is 1. The molecule has 0 saturated carbocycles. The minimum Gasteiger partial charge on any atom is -0.398 e. The first-order valence-electron chi connectivity index (χ1n) is 8.42. The van der Waals surface area contributed by atoms with Crippen molar-refractivity contribution in [3.8, 4) is 0 Å². The Morgan fingerprint density at radius 1 is 1.23 bits per heavy atom. The second-order valence-electron chi connectivity index (χ2n) is 5.53. The third kappa shape index (κ3) is 9.14. The van der Waals surface area contributed by atoms with Crippen molar-refractivity contribution in [1.29, 1.82) is 0 Å². The molecule has 150 valence electrons. The van der Waals surface area contributed by atoms with Gasteiger partial charge in [0.15, 0.2) is 0 Å². The van der Waals surface area contributed by atoms with Gasteiger partial charge in [-0.25, -0.2) is 4.79 Å². The van der Waals surface area contributed by atoms with Gasteiger partial charge in [-0.3, -0.25) is 0 Å². The Morgan fingerprint density at radius 2 is 1.81 bits per heavy atom. The molecule has 1 rings (SSSR count). The normalized spacial score (nSPS) is 11.0. The maximum absolute atomic E-state index is 11.6. The number of para-hydroxylation sites is 1. The second-order valence-corrected chi connectivity index (χ2v) is 7.07. The molecule has 0 saturated heterocycles. The van der Waals surface area contributed by atoms with Gasteiger partial charge in [0.1, 0.15) is 13.3 Å². The first-order valence-corrected chi connectivity index (χ1v) is 9.78. The smallest absolute Gasteiger partial charge is 0.389 e. The number of unbranched alkanes of at least 4 members (excludes halogenated alkanes) is 1. The van der Waals surface area contributed by atoms with E-state index in [2.05, 4.69) is 4.18 Å². The number of nitrogens with zero attached hydrogens (tertiary/aromatic N) is 1. The molecule has 0 spiro atoms. The van der Waals surface area contributed by atoms with Gasteiger partial charge < -0.3 is 19.8 Å². The van der Waals surface area contributed by atoms with Crippen LogP contribution in [0.1, 0.15) is 37.8 Å². The molecule has 3 N–H and O–H groups in total. The highest BCUT2D eigenvalue weighted by molar-refractivity contribution is 7.84. The highest BCUT2D eigenvalue weighted by Gasteiger charge is 2.25. The second kappa shape index (κ2) is 12.6. The lowest BCUT2D eigenvalue weighted by molar-refractivity contribution is -0.137. The fourth-order valence-electron chi connectivity index (χ4n) is 1.79. The van der Waals surface area contributed by atoms with E-state index in [9.17, 15) is 13.2 Å². The zero-order valence-corrected chi connectivity index (χ0v) is 16.7. The zero-order chi connectivity index (χ0) is 20.2. The lowest BCUT2D eigenvalue weighted by Gasteiger charge is -2.19. The van der Waals surface area contributed by atoms with Gasteiger partial charge in [-0.05, 0) is 38.3 Å². The van der Waals surface area contributed by atoms with Gasteiger partial charge in [0.2, 0.25) is 0 Å². The molecule has 9 heteroatoms. The largest absolute Gasteiger partial charge is 0.398 e. The molecule has 1 aromatic carbocycles. The molecule has 0 aliphatic heterocycles. The van der Waals surface area contributed by atoms with E-state index in [1.807, 2.05) is 39.0 Å². The summed E-state index contributed by atoms with van der Waals surface area (Å²) >= 11 is 0. The monoisotopic (exact) mass is 390 g/mol. The molecule has 0 fully saturated rings. The highest BCUT2D eigenvalue weighted by Crippen LogP contribution is 2.13. The number of carbonyl (C=O) groups excluding carboxylic acids is 1. The molecule has 0 radical (unpaired) electrons. The first kappa shape index (κ1) is 24.3. The van der Waals surface area contributed by atoms with Crippen LogP contribution in [0.3, 0.4) is 0 Å². The summed E-state index contributed by atoms with van der Waals surface area (Å²) in [5.74, 6) is -1.21. The van der Waals surface area contributed by atoms with Crippen LogP contribution in [0.4, 0.5) is 5.69 Å². The maximum Gasteiger partial charge on any atom is 0.389 e. The molecular formula is C17H30N2O6S. The SMILES string of the molecule is CCCCN(COCC)S(=O)(=O)OC(=O)CO.Cc1cccc(C)c1N. The predicted molar refractivity (Wildman–Crippen MR) is 101 cm³/mol. The number of rotatable bonds is 9. The van der Waals surface area contributed by atoms with Gasteiger partial charge in [0.25, 0.3) is 0 Å². The molecule has 8 nitrogen and oxygen atoms in total. The number of aryl methyl sites for hydroxylation is 2. The minimum absolute atomic E-state index is 0.169. The number of ether oxygens (including phenoxy) is 1. The summed E-state index contributed by atoms with van der Waals surface area (Å²) in [6.07, 6.45) is 1.43. The molecule has 1 aromatic rings. The van der Waals surface area contributed by atoms with E-state index < -0.39 is 22.9 Å². The molecule has 0 bridgehead atoms. The van der Waals surface area contributed by atoms with Crippen LogP contribution in [0.2, 0.25) is 0 Å². The van der Waals surface area contributed by atoms with Crippen LogP contribution in [-0.2, 0) is 24.0 Å². The van der Waals surface area contributed by atoms with Gasteiger partial charge >= 0.3 is 16.3 Å². The van der Waals surface area contributed by atoms with E-state index in [1.54, 1.807) is 6.92 Å². The fourth-order valence-corrected chi connectivity index (χ4v) is 2.74. The summed E-state index contributed by atoms with van der Waals surface area (Å²) in [6.45, 7) is 7.08. The summed E-state index contributed by atoms with van der Waals surface area (Å²) in [5.41, 5.74) is 8.92. The van der Waals surface area contributed by atoms with Crippen molar-refractivity contribution in [2.45, 2.75) is 40.5 Å². The van der Waals surface area contributed by atoms with Gasteiger partial charge in [-0.2, -0.15) is 8.42 Å². The number of carbonyl (C=O) groups is 1. The van der Waals surface area contributed by atoms with Gasteiger partial charge in [0.05, 0.1) is 0 Å². The zero-order valence-electron chi connectivity index (χ0n) is 15.9. The summed E-state index contributed by atoms with van der Waals surface area (Å²) in [4.78, 5) is 10.8. The molecule has 26 heavy (non-hydrogen) atoms. The molecular weight excluding hydrogens is 360 g/mol. The topological polar surface area (TPSA) is 119 Å². The van der Waals surface area contributed by atoms with Crippen molar-refractivity contribution in [2.24, 2.45) is 0 Å². The molecule has 0 aliphatic carbocycles. The predicted octanol–water partition coefficient (Wildman–Crippen LogP) is 1.75. The Labute approximate surface area is 156 Å². The van der Waals surface area contributed by atoms with Crippen LogP contribution in [-0.4, -0.2) is 50.3 Å². The Hall–Kier alpha value is -1.68. The van der Waals surface area contributed by atoms with Crippen LogP contribution in [0, 0.1) is 13.8 Å². The Morgan fingerprint density at radius 3 is 2.23 bits per heavy atom. The summed E-state index contributed by atoms with van der Waals surface area (Å²) in [5, 5.41) is 8.44. The summed E-state index contributed by atoms with van der Waals surface area (Å²) in [6, 6.07) is 6.05. The van der Waals surface area contributed by atoms with Crippen LogP contribution in [0.25, 0.3) is 0 Å². The van der Waals surface area contributed by atoms with E-state index in [1.165, 1.54) is 0 Å². The van der Waals surface area contributed by atoms with Crippen LogP contribution in [0.15, 0.2) is 18.2 Å². The van der Waals surface area contributed by atoms with Crippen molar-refractivity contribution in [3.63, 3.8) is 0 Å². The third-order valence-electron chi connectivity index (χ3n) is 3.39. The minimum atomic E-state index is -4.18. The lowest BCUT2D eigenvalue weighted by Crippen LogP contribution is -2.37. The standard InChI is InChI=1S/C9H19NO6S.C8H11N/c1-3-5-6-10(8-15-4-2)17(13,14)16-9(12)7-11;1-6-4-3-5-7(2)8(6)9/h11H,3-8H2,1-2H3;3-5H,9H2,1-2H3. The van der Waals surface area contributed by atoms with Crippen LogP contribution >= 0.6 is 0 Å². The number of benzene rings is 1. The third-order valence-corrected chi connectivity index (χ3v) is 4.70. The van der Waals surface area contributed by atoms with Crippen molar-refractivity contribution < 1.29 is 27.2 Å². The highest BCUT2D eigenvalue weighted by atomic mass is 32.2. The number of nitrogens with two attached hydrogens (primary N) is 1. The van der Waals surface area contributed by atoms with Gasteiger partial charge in [0, 0.05) is 18.8 Å². The molecule has 0 atom stereocenters. The number of hydrogen-bond donors (Lipinski definition) is 2. The number of anilines is 1. The van der Waals surface area contributed by atoms with E-state index in [-0.39, 0.29) is 13.3 Å². The van der Waals surface area contributed by atoms with E-state index in [4.69, 9.17) is 15.6 Å². The van der Waals surface area contributed by atoms with Gasteiger partial charge in [-0.1, -0.05) is 31.5 Å². The average Bonchev–Trinajstić information content (AvgIpc) is 2.59. The Kier molecular flexibility index (Phi) is 11.8. The van der Waals surface area contributed by atoms with Crippen molar-refractivity contribution in [2.75, 3.05) is 32.2 Å². The molecule has 0 aliphatic rings. The maximum atomic E-state index is 11.6. The quantitative estimate of drug-likeness (QED) is 0.487. The van der Waals surface area contributed by atoms with E-state index >= 15 is 0 Å². The molecule has 0 unspecified atom stereocenters. The number of aliphatic hydroxyl groups excluding tert-OH is 1. The van der Waals surface area contributed by atoms with Crippen LogP contribution in [0.5, 0.6) is 0 Å². The fraction of sp³-hybridized carbons (Fsp3) is 0.588. The number of aliphatic hydroxyl groups is 1. The molecule has 0 amide bonds. The Bertz CT molecular complexity index is 620. The van der Waals surface area contributed by atoms with Crippen molar-refractivity contribution in [1.82, 2.24) is 4.31 Å².